The van der Waals surface area contributed by atoms with Crippen molar-refractivity contribution in [3.05, 3.63) is 40.2 Å². The average Bonchev–Trinajstić information content (AvgIpc) is 2.90. The van der Waals surface area contributed by atoms with Crippen LogP contribution in [0.3, 0.4) is 0 Å². The molecule has 0 amide bonds. The minimum absolute atomic E-state index is 0.590. The summed E-state index contributed by atoms with van der Waals surface area (Å²) in [5.74, 6) is 0. The van der Waals surface area contributed by atoms with Crippen molar-refractivity contribution in [1.29, 1.82) is 0 Å². The third-order valence-electron chi connectivity index (χ3n) is 2.08. The van der Waals surface area contributed by atoms with Crippen LogP contribution in [0.25, 0.3) is 0 Å². The molecule has 4 nitrogen and oxygen atoms in total. The fourth-order valence-corrected chi connectivity index (χ4v) is 2.11. The average molecular weight is 238 g/mol. The van der Waals surface area contributed by atoms with Gasteiger partial charge < -0.3 is 14.5 Å². The molecule has 0 bridgehead atoms. The van der Waals surface area contributed by atoms with E-state index in [2.05, 4.69) is 15.7 Å². The molecule has 16 heavy (non-hydrogen) atoms. The van der Waals surface area contributed by atoms with Crippen molar-refractivity contribution < 1.29 is 9.15 Å². The van der Waals surface area contributed by atoms with E-state index in [-0.39, 0.29) is 0 Å². The van der Waals surface area contributed by atoms with E-state index in [0.717, 1.165) is 29.4 Å². The summed E-state index contributed by atoms with van der Waals surface area (Å²) in [6.07, 6.45) is 3.42. The molecule has 0 spiro atoms. The van der Waals surface area contributed by atoms with Crippen molar-refractivity contribution in [2.24, 2.45) is 0 Å². The van der Waals surface area contributed by atoms with Crippen LogP contribution in [-0.4, -0.2) is 12.1 Å². The molecule has 0 atom stereocenters. The van der Waals surface area contributed by atoms with Crippen LogP contribution in [-0.2, 0) is 24.4 Å². The highest BCUT2D eigenvalue weighted by molar-refractivity contribution is 7.09. The van der Waals surface area contributed by atoms with Gasteiger partial charge in [0.25, 0.3) is 0 Å². The van der Waals surface area contributed by atoms with E-state index < -0.39 is 0 Å². The first-order chi connectivity index (χ1) is 7.88. The summed E-state index contributed by atoms with van der Waals surface area (Å²) >= 11 is 1.63. The lowest BCUT2D eigenvalue weighted by molar-refractivity contribution is 0.184. The van der Waals surface area contributed by atoms with Crippen LogP contribution in [0.15, 0.2) is 28.4 Å². The maximum atomic E-state index is 5.02. The Kier molecular flexibility index (Phi) is 4.10. The SMILES string of the molecule is COCc1nc(CNCc2ccoc2)cs1. The summed E-state index contributed by atoms with van der Waals surface area (Å²) < 4.78 is 10.0. The molecule has 2 heterocycles. The smallest absolute Gasteiger partial charge is 0.119 e. The standard InChI is InChI=1S/C11H14N2O2S/c1-14-7-11-13-10(8-16-11)5-12-4-9-2-3-15-6-9/h2-3,6,8,12H,4-5,7H2,1H3. The highest BCUT2D eigenvalue weighted by Gasteiger charge is 2.01. The van der Waals surface area contributed by atoms with Gasteiger partial charge in [-0.2, -0.15) is 0 Å². The van der Waals surface area contributed by atoms with E-state index in [4.69, 9.17) is 9.15 Å². The summed E-state index contributed by atoms with van der Waals surface area (Å²) in [4.78, 5) is 4.43. The predicted octanol–water partition coefficient (Wildman–Crippen LogP) is 2.17. The lowest BCUT2D eigenvalue weighted by atomic mass is 10.3. The topological polar surface area (TPSA) is 47.3 Å². The molecular weight excluding hydrogens is 224 g/mol. The number of hydrogen-bond acceptors (Lipinski definition) is 5. The van der Waals surface area contributed by atoms with Gasteiger partial charge in [-0.05, 0) is 6.07 Å². The Morgan fingerprint density at radius 3 is 3.19 bits per heavy atom. The predicted molar refractivity (Wildman–Crippen MR) is 62.1 cm³/mol. The van der Waals surface area contributed by atoms with Crippen molar-refractivity contribution in [1.82, 2.24) is 10.3 Å². The number of hydrogen-bond donors (Lipinski definition) is 1. The van der Waals surface area contributed by atoms with E-state index in [1.807, 2.05) is 6.07 Å². The van der Waals surface area contributed by atoms with Crippen LogP contribution >= 0.6 is 11.3 Å². The molecule has 2 aromatic rings. The van der Waals surface area contributed by atoms with Crippen LogP contribution in [0.4, 0.5) is 0 Å². The van der Waals surface area contributed by atoms with Crippen molar-refractivity contribution >= 4 is 11.3 Å². The molecule has 0 aliphatic carbocycles. The van der Waals surface area contributed by atoms with E-state index >= 15 is 0 Å². The minimum Gasteiger partial charge on any atom is -0.472 e. The lowest BCUT2D eigenvalue weighted by Gasteiger charge is -1.99. The molecule has 0 radical (unpaired) electrons. The molecule has 0 aliphatic rings. The van der Waals surface area contributed by atoms with Crippen molar-refractivity contribution in [2.75, 3.05) is 7.11 Å². The number of methoxy groups -OCH3 is 1. The number of nitrogens with one attached hydrogen (secondary N) is 1. The second-order valence-corrected chi connectivity index (χ2v) is 4.34. The van der Waals surface area contributed by atoms with E-state index in [1.54, 1.807) is 31.0 Å². The Hall–Kier alpha value is -1.17. The second-order valence-electron chi connectivity index (χ2n) is 3.40. The summed E-state index contributed by atoms with van der Waals surface area (Å²) in [5, 5.41) is 6.37. The number of aromatic nitrogens is 1. The normalized spacial score (nSPS) is 10.8. The summed E-state index contributed by atoms with van der Waals surface area (Å²) in [7, 11) is 1.68. The number of thiazole rings is 1. The molecule has 5 heteroatoms. The largest absolute Gasteiger partial charge is 0.472 e. The van der Waals surface area contributed by atoms with E-state index in [9.17, 15) is 0 Å². The Morgan fingerprint density at radius 1 is 1.50 bits per heavy atom. The number of furan rings is 1. The molecule has 2 rings (SSSR count). The van der Waals surface area contributed by atoms with Gasteiger partial charge in [0, 0.05) is 31.1 Å². The monoisotopic (exact) mass is 238 g/mol. The Labute approximate surface area is 98.3 Å². The van der Waals surface area contributed by atoms with Crippen LogP contribution in [0.2, 0.25) is 0 Å². The highest BCUT2D eigenvalue weighted by Crippen LogP contribution is 2.10. The molecule has 0 saturated heterocycles. The van der Waals surface area contributed by atoms with Gasteiger partial charge in [0.1, 0.15) is 5.01 Å². The zero-order valence-corrected chi connectivity index (χ0v) is 9.92. The number of rotatable bonds is 6. The van der Waals surface area contributed by atoms with Crippen LogP contribution in [0.1, 0.15) is 16.3 Å². The van der Waals surface area contributed by atoms with Gasteiger partial charge in [-0.25, -0.2) is 4.98 Å². The van der Waals surface area contributed by atoms with E-state index in [0.29, 0.717) is 6.61 Å². The Balaban J connectivity index is 1.76. The molecule has 0 aliphatic heterocycles. The Bertz CT molecular complexity index is 411. The molecule has 0 fully saturated rings. The van der Waals surface area contributed by atoms with Crippen LogP contribution in [0.5, 0.6) is 0 Å². The Morgan fingerprint density at radius 2 is 2.44 bits per heavy atom. The molecule has 2 aromatic heterocycles. The fraction of sp³-hybridized carbons (Fsp3) is 0.364. The number of ether oxygens (including phenoxy) is 1. The summed E-state index contributed by atoms with van der Waals surface area (Å²) in [6.45, 7) is 2.16. The third-order valence-corrected chi connectivity index (χ3v) is 2.95. The van der Waals surface area contributed by atoms with Crippen molar-refractivity contribution in [2.45, 2.75) is 19.7 Å². The van der Waals surface area contributed by atoms with E-state index in [1.165, 1.54) is 0 Å². The van der Waals surface area contributed by atoms with Gasteiger partial charge in [-0.3, -0.25) is 0 Å². The minimum atomic E-state index is 0.590. The zero-order chi connectivity index (χ0) is 11.2. The van der Waals surface area contributed by atoms with Crippen molar-refractivity contribution in [3.63, 3.8) is 0 Å². The summed E-state index contributed by atoms with van der Waals surface area (Å²) in [6, 6.07) is 1.95. The molecule has 0 aromatic carbocycles. The van der Waals surface area contributed by atoms with Gasteiger partial charge in [-0.15, -0.1) is 11.3 Å². The maximum Gasteiger partial charge on any atom is 0.119 e. The summed E-state index contributed by atoms with van der Waals surface area (Å²) in [5.41, 5.74) is 2.20. The third kappa shape index (κ3) is 3.16. The highest BCUT2D eigenvalue weighted by atomic mass is 32.1. The van der Waals surface area contributed by atoms with Gasteiger partial charge >= 0.3 is 0 Å². The van der Waals surface area contributed by atoms with Gasteiger partial charge in [-0.1, -0.05) is 0 Å². The van der Waals surface area contributed by atoms with Gasteiger partial charge in [0.05, 0.1) is 24.8 Å². The first-order valence-corrected chi connectivity index (χ1v) is 5.90. The molecule has 86 valence electrons. The van der Waals surface area contributed by atoms with Gasteiger partial charge in [0.15, 0.2) is 0 Å². The quantitative estimate of drug-likeness (QED) is 0.838. The molecule has 1 N–H and O–H groups in total. The second kappa shape index (κ2) is 5.79. The molecule has 0 unspecified atom stereocenters. The molecular formula is C11H14N2O2S. The van der Waals surface area contributed by atoms with Crippen LogP contribution < -0.4 is 5.32 Å². The fourth-order valence-electron chi connectivity index (χ4n) is 1.35. The zero-order valence-electron chi connectivity index (χ0n) is 9.10. The van der Waals surface area contributed by atoms with Crippen molar-refractivity contribution in [3.8, 4) is 0 Å². The van der Waals surface area contributed by atoms with Crippen LogP contribution in [0, 0.1) is 0 Å². The maximum absolute atomic E-state index is 5.02. The van der Waals surface area contributed by atoms with Gasteiger partial charge in [0.2, 0.25) is 0 Å². The first kappa shape index (κ1) is 11.3. The lowest BCUT2D eigenvalue weighted by Crippen LogP contribution is -2.12. The molecule has 0 saturated carbocycles. The number of nitrogens with zero attached hydrogens (tertiary/aromatic N) is 1. The first-order valence-electron chi connectivity index (χ1n) is 5.02.